The van der Waals surface area contributed by atoms with Crippen molar-refractivity contribution < 1.29 is 9.47 Å². The minimum atomic E-state index is 0. The standard InChI is InChI=1S/C20H33N3O2.HI/c1-4-21-20(23-18-10-8-16(2)9-11-18)22-15-17-6-5-7-19(14-17)25-13-12-24-3;/h5-7,14,16,18H,4,8-13,15H2,1-3H3,(H2,21,22,23);1H. The highest BCUT2D eigenvalue weighted by atomic mass is 127. The largest absolute Gasteiger partial charge is 0.491 e. The molecule has 0 saturated heterocycles. The lowest BCUT2D eigenvalue weighted by Crippen LogP contribution is -2.44. The summed E-state index contributed by atoms with van der Waals surface area (Å²) in [6, 6.07) is 8.65. The number of guanidine groups is 1. The molecule has 1 aromatic carbocycles. The van der Waals surface area contributed by atoms with Crippen LogP contribution in [-0.4, -0.2) is 38.9 Å². The van der Waals surface area contributed by atoms with E-state index < -0.39 is 0 Å². The number of methoxy groups -OCH3 is 1. The van der Waals surface area contributed by atoms with Crippen LogP contribution in [0.2, 0.25) is 0 Å². The van der Waals surface area contributed by atoms with Crippen LogP contribution in [0.3, 0.4) is 0 Å². The summed E-state index contributed by atoms with van der Waals surface area (Å²) in [7, 11) is 1.68. The van der Waals surface area contributed by atoms with E-state index in [9.17, 15) is 0 Å². The molecule has 0 heterocycles. The first-order valence-corrected chi connectivity index (χ1v) is 9.46. The van der Waals surface area contributed by atoms with Gasteiger partial charge in [-0.1, -0.05) is 19.1 Å². The highest BCUT2D eigenvalue weighted by Crippen LogP contribution is 2.23. The normalized spacial score (nSPS) is 20.2. The summed E-state index contributed by atoms with van der Waals surface area (Å²) in [6.45, 7) is 7.11. The molecule has 26 heavy (non-hydrogen) atoms. The molecule has 6 heteroatoms. The maximum Gasteiger partial charge on any atom is 0.191 e. The van der Waals surface area contributed by atoms with Crippen molar-refractivity contribution >= 4 is 29.9 Å². The molecule has 0 aromatic heterocycles. The molecule has 0 atom stereocenters. The maximum absolute atomic E-state index is 5.67. The van der Waals surface area contributed by atoms with Crippen LogP contribution >= 0.6 is 24.0 Å². The first-order valence-electron chi connectivity index (χ1n) is 9.46. The molecule has 1 aliphatic carbocycles. The molecule has 0 radical (unpaired) electrons. The number of benzene rings is 1. The number of hydrogen-bond acceptors (Lipinski definition) is 3. The molecule has 148 valence electrons. The lowest BCUT2D eigenvalue weighted by atomic mass is 9.87. The molecule has 1 saturated carbocycles. The van der Waals surface area contributed by atoms with Gasteiger partial charge in [0.1, 0.15) is 12.4 Å². The van der Waals surface area contributed by atoms with Gasteiger partial charge in [0.2, 0.25) is 0 Å². The van der Waals surface area contributed by atoms with Gasteiger partial charge in [-0.15, -0.1) is 24.0 Å². The summed E-state index contributed by atoms with van der Waals surface area (Å²) < 4.78 is 10.7. The number of aliphatic imine (C=N–C) groups is 1. The number of halogens is 1. The van der Waals surface area contributed by atoms with Gasteiger partial charge in [0.05, 0.1) is 13.2 Å². The lowest BCUT2D eigenvalue weighted by Gasteiger charge is -2.28. The number of nitrogens with one attached hydrogen (secondary N) is 2. The van der Waals surface area contributed by atoms with Crippen LogP contribution in [0.5, 0.6) is 5.75 Å². The van der Waals surface area contributed by atoms with E-state index in [1.807, 2.05) is 18.2 Å². The van der Waals surface area contributed by atoms with Crippen LogP contribution in [0, 0.1) is 5.92 Å². The van der Waals surface area contributed by atoms with Crippen molar-refractivity contribution in [3.8, 4) is 5.75 Å². The second-order valence-corrected chi connectivity index (χ2v) is 6.78. The summed E-state index contributed by atoms with van der Waals surface area (Å²) in [6.07, 6.45) is 5.07. The molecule has 5 nitrogen and oxygen atoms in total. The Morgan fingerprint density at radius 3 is 2.65 bits per heavy atom. The van der Waals surface area contributed by atoms with E-state index >= 15 is 0 Å². The van der Waals surface area contributed by atoms with Crippen LogP contribution in [-0.2, 0) is 11.3 Å². The van der Waals surface area contributed by atoms with Gasteiger partial charge < -0.3 is 20.1 Å². The predicted molar refractivity (Wildman–Crippen MR) is 119 cm³/mol. The third-order valence-electron chi connectivity index (χ3n) is 4.58. The Hall–Kier alpha value is -1.02. The van der Waals surface area contributed by atoms with E-state index in [1.165, 1.54) is 25.7 Å². The molecule has 1 aromatic rings. The minimum Gasteiger partial charge on any atom is -0.491 e. The van der Waals surface area contributed by atoms with Crippen molar-refractivity contribution in [2.24, 2.45) is 10.9 Å². The molecular weight excluding hydrogens is 441 g/mol. The number of ether oxygens (including phenoxy) is 2. The fourth-order valence-corrected chi connectivity index (χ4v) is 3.06. The van der Waals surface area contributed by atoms with Gasteiger partial charge in [0, 0.05) is 19.7 Å². The van der Waals surface area contributed by atoms with E-state index in [2.05, 4.69) is 30.5 Å². The SMILES string of the molecule is CCNC(=NCc1cccc(OCCOC)c1)NC1CCC(C)CC1.I. The van der Waals surface area contributed by atoms with Crippen LogP contribution in [0.4, 0.5) is 0 Å². The highest BCUT2D eigenvalue weighted by Gasteiger charge is 2.18. The summed E-state index contributed by atoms with van der Waals surface area (Å²) in [5, 5.41) is 6.95. The molecule has 2 rings (SSSR count). The Morgan fingerprint density at radius 2 is 1.96 bits per heavy atom. The summed E-state index contributed by atoms with van der Waals surface area (Å²) in [5.41, 5.74) is 1.14. The number of rotatable bonds is 8. The van der Waals surface area contributed by atoms with Gasteiger partial charge in [0.15, 0.2) is 5.96 Å². The summed E-state index contributed by atoms with van der Waals surface area (Å²) in [5.74, 6) is 2.63. The van der Waals surface area contributed by atoms with Gasteiger partial charge in [-0.3, -0.25) is 0 Å². The van der Waals surface area contributed by atoms with Crippen LogP contribution in [0.15, 0.2) is 29.3 Å². The Labute approximate surface area is 175 Å². The second kappa shape index (κ2) is 13.2. The van der Waals surface area contributed by atoms with Crippen LogP contribution in [0.25, 0.3) is 0 Å². The van der Waals surface area contributed by atoms with E-state index in [1.54, 1.807) is 7.11 Å². The number of hydrogen-bond donors (Lipinski definition) is 2. The molecule has 0 aliphatic heterocycles. The smallest absolute Gasteiger partial charge is 0.191 e. The van der Waals surface area contributed by atoms with E-state index in [4.69, 9.17) is 14.5 Å². The van der Waals surface area contributed by atoms with Gasteiger partial charge in [-0.2, -0.15) is 0 Å². The van der Waals surface area contributed by atoms with Crippen molar-refractivity contribution in [3.63, 3.8) is 0 Å². The average Bonchev–Trinajstić information content (AvgIpc) is 2.62. The average molecular weight is 475 g/mol. The monoisotopic (exact) mass is 475 g/mol. The fraction of sp³-hybridized carbons (Fsp3) is 0.650. The van der Waals surface area contributed by atoms with Crippen molar-refractivity contribution in [3.05, 3.63) is 29.8 Å². The first kappa shape index (κ1) is 23.0. The van der Waals surface area contributed by atoms with Crippen molar-refractivity contribution in [1.82, 2.24) is 10.6 Å². The zero-order valence-electron chi connectivity index (χ0n) is 16.3. The molecule has 0 unspecified atom stereocenters. The fourth-order valence-electron chi connectivity index (χ4n) is 3.06. The minimum absolute atomic E-state index is 0. The molecule has 1 fully saturated rings. The number of nitrogens with zero attached hydrogens (tertiary/aromatic N) is 1. The zero-order chi connectivity index (χ0) is 17.9. The quantitative estimate of drug-likeness (QED) is 0.259. The Balaban J connectivity index is 0.00000338. The van der Waals surface area contributed by atoms with Gasteiger partial charge in [-0.05, 0) is 56.2 Å². The lowest BCUT2D eigenvalue weighted by molar-refractivity contribution is 0.146. The van der Waals surface area contributed by atoms with Gasteiger partial charge in [-0.25, -0.2) is 4.99 Å². The van der Waals surface area contributed by atoms with E-state index in [0.717, 1.165) is 29.7 Å². The van der Waals surface area contributed by atoms with E-state index in [0.29, 0.717) is 25.8 Å². The molecule has 0 amide bonds. The Morgan fingerprint density at radius 1 is 1.19 bits per heavy atom. The van der Waals surface area contributed by atoms with Crippen LogP contribution in [0.1, 0.15) is 45.1 Å². The summed E-state index contributed by atoms with van der Waals surface area (Å²) >= 11 is 0. The summed E-state index contributed by atoms with van der Waals surface area (Å²) in [4.78, 5) is 4.75. The molecule has 0 bridgehead atoms. The molecular formula is C20H34IN3O2. The van der Waals surface area contributed by atoms with Gasteiger partial charge in [0.25, 0.3) is 0 Å². The maximum atomic E-state index is 5.67. The Bertz CT molecular complexity index is 532. The molecule has 0 spiro atoms. The predicted octanol–water partition coefficient (Wildman–Crippen LogP) is 3.96. The topological polar surface area (TPSA) is 54.9 Å². The van der Waals surface area contributed by atoms with Gasteiger partial charge >= 0.3 is 0 Å². The molecule has 1 aliphatic rings. The third-order valence-corrected chi connectivity index (χ3v) is 4.58. The Kier molecular flexibility index (Phi) is 11.7. The van der Waals surface area contributed by atoms with Crippen molar-refractivity contribution in [2.75, 3.05) is 26.9 Å². The highest BCUT2D eigenvalue weighted by molar-refractivity contribution is 14.0. The van der Waals surface area contributed by atoms with E-state index in [-0.39, 0.29) is 24.0 Å². The van der Waals surface area contributed by atoms with Crippen LogP contribution < -0.4 is 15.4 Å². The molecule has 2 N–H and O–H groups in total. The zero-order valence-corrected chi connectivity index (χ0v) is 18.6. The second-order valence-electron chi connectivity index (χ2n) is 6.78. The van der Waals surface area contributed by atoms with Crippen molar-refractivity contribution in [1.29, 1.82) is 0 Å². The first-order chi connectivity index (χ1) is 12.2. The van der Waals surface area contributed by atoms with Crippen molar-refractivity contribution in [2.45, 2.75) is 52.1 Å². The third kappa shape index (κ3) is 8.58.